The van der Waals surface area contributed by atoms with Crippen LogP contribution in [0.1, 0.15) is 69.5 Å². The third kappa shape index (κ3) is 13.1. The number of amides is 5. The minimum atomic E-state index is -1.07. The Labute approximate surface area is 354 Å². The van der Waals surface area contributed by atoms with Crippen LogP contribution in [0.2, 0.25) is 0 Å². The topological polar surface area (TPSA) is 175 Å². The van der Waals surface area contributed by atoms with Crippen LogP contribution in [-0.4, -0.2) is 88.3 Å². The van der Waals surface area contributed by atoms with E-state index in [0.29, 0.717) is 25.8 Å². The summed E-state index contributed by atoms with van der Waals surface area (Å²) >= 11 is 0. The molecule has 2 aromatic heterocycles. The number of aliphatic hydroxyl groups is 1. The molecular weight excluding hydrogens is 759 g/mol. The Morgan fingerprint density at radius 1 is 0.950 bits per heavy atom. The maximum absolute atomic E-state index is 14.7. The Kier molecular flexibility index (Phi) is 16.2. The highest BCUT2D eigenvalue weighted by Gasteiger charge is 2.43. The van der Waals surface area contributed by atoms with Crippen molar-refractivity contribution in [3.8, 4) is 11.3 Å². The predicted molar refractivity (Wildman–Crippen MR) is 231 cm³/mol. The van der Waals surface area contributed by atoms with Gasteiger partial charge in [0.2, 0.25) is 11.8 Å². The Balaban J connectivity index is 1.40. The number of aromatic nitrogens is 2. The average molecular weight is 820 g/mol. The minimum Gasteiger partial charge on any atom is -0.453 e. The number of pyridine rings is 2. The summed E-state index contributed by atoms with van der Waals surface area (Å²) in [6.45, 7) is 10.5. The Hall–Kier alpha value is -5.82. The monoisotopic (exact) mass is 819 g/mol. The van der Waals surface area contributed by atoms with Gasteiger partial charge in [0.05, 0.1) is 49.1 Å². The summed E-state index contributed by atoms with van der Waals surface area (Å²) in [5, 5.41) is 24.3. The molecule has 2 aromatic carbocycles. The van der Waals surface area contributed by atoms with Gasteiger partial charge in [-0.15, -0.1) is 0 Å². The summed E-state index contributed by atoms with van der Waals surface area (Å²) in [6.07, 6.45) is 1.78. The average Bonchev–Trinajstić information content (AvgIpc) is 3.58. The van der Waals surface area contributed by atoms with Crippen LogP contribution in [0, 0.1) is 24.2 Å². The number of aryl methyl sites for hydroxylation is 1. The van der Waals surface area contributed by atoms with Crippen LogP contribution in [-0.2, 0) is 33.7 Å². The highest BCUT2D eigenvalue weighted by atomic mass is 16.5. The van der Waals surface area contributed by atoms with Gasteiger partial charge in [0.25, 0.3) is 0 Å². The lowest BCUT2D eigenvalue weighted by molar-refractivity contribution is -0.130. The fourth-order valence-corrected chi connectivity index (χ4v) is 7.86. The second-order valence-corrected chi connectivity index (χ2v) is 16.7. The quantitative estimate of drug-likeness (QED) is 0.0724. The summed E-state index contributed by atoms with van der Waals surface area (Å²) in [5.74, 6) is -1.17. The molecule has 4 aromatic rings. The van der Waals surface area contributed by atoms with E-state index in [9.17, 15) is 24.3 Å². The lowest BCUT2D eigenvalue weighted by Gasteiger charge is -2.35. The third-order valence-corrected chi connectivity index (χ3v) is 11.3. The summed E-state index contributed by atoms with van der Waals surface area (Å²) < 4.78 is 4.72. The molecule has 1 fully saturated rings. The summed E-state index contributed by atoms with van der Waals surface area (Å²) in [7, 11) is 1.29. The van der Waals surface area contributed by atoms with E-state index in [1.165, 1.54) is 7.11 Å². The van der Waals surface area contributed by atoms with Crippen molar-refractivity contribution >= 4 is 23.9 Å². The largest absolute Gasteiger partial charge is 0.453 e. The van der Waals surface area contributed by atoms with Crippen LogP contribution < -0.4 is 21.3 Å². The molecule has 5 amide bonds. The maximum Gasteiger partial charge on any atom is 0.406 e. The number of hydrogen-bond acceptors (Lipinski definition) is 8. The van der Waals surface area contributed by atoms with E-state index in [4.69, 9.17) is 4.74 Å². The Morgan fingerprint density at radius 3 is 2.33 bits per heavy atom. The second kappa shape index (κ2) is 21.4. The van der Waals surface area contributed by atoms with E-state index >= 15 is 0 Å². The predicted octanol–water partition coefficient (Wildman–Crippen LogP) is 5.99. The van der Waals surface area contributed by atoms with Gasteiger partial charge in [0.1, 0.15) is 0 Å². The molecule has 13 nitrogen and oxygen atoms in total. The lowest BCUT2D eigenvalue weighted by Crippen LogP contribution is -2.54. The van der Waals surface area contributed by atoms with Gasteiger partial charge in [-0.25, -0.2) is 9.59 Å². The zero-order chi connectivity index (χ0) is 43.2. The zero-order valence-corrected chi connectivity index (χ0v) is 35.7. The van der Waals surface area contributed by atoms with E-state index in [2.05, 4.69) is 31.2 Å². The first kappa shape index (κ1) is 45.3. The number of rotatable bonds is 20. The number of ether oxygens (including phenoxy) is 1. The van der Waals surface area contributed by atoms with Gasteiger partial charge < -0.3 is 36.0 Å². The van der Waals surface area contributed by atoms with Crippen molar-refractivity contribution in [2.45, 2.75) is 97.5 Å². The van der Waals surface area contributed by atoms with Crippen molar-refractivity contribution in [1.82, 2.24) is 36.1 Å². The number of carbonyl (C=O) groups is 4. The molecular formula is C47H61N7O6. The number of hydrogen-bond donors (Lipinski definition) is 5. The number of benzene rings is 2. The SMILES string of the molecule is CCC(C)C(C(=O)NC(Cc1ccccc1)C(O)CC(Cc1ccc(-c2ccccn2)cc1)NC(=O)CC(C)(C)CNC(=O)OC)C1CNC(=O)N1Cc1cccc(C)n1. The van der Waals surface area contributed by atoms with Crippen molar-refractivity contribution in [3.63, 3.8) is 0 Å². The number of carbonyl (C=O) groups excluding carboxylic acids is 4. The van der Waals surface area contributed by atoms with Crippen molar-refractivity contribution < 1.29 is 29.0 Å². The molecule has 13 heteroatoms. The number of nitrogens with one attached hydrogen (secondary N) is 4. The van der Waals surface area contributed by atoms with Gasteiger partial charge in [0.15, 0.2) is 0 Å². The molecule has 1 aliphatic rings. The first-order chi connectivity index (χ1) is 28.7. The molecule has 0 bridgehead atoms. The molecule has 0 saturated carbocycles. The molecule has 1 saturated heterocycles. The number of methoxy groups -OCH3 is 1. The van der Waals surface area contributed by atoms with E-state index in [0.717, 1.165) is 33.8 Å². The molecule has 1 aliphatic heterocycles. The highest BCUT2D eigenvalue weighted by Crippen LogP contribution is 2.28. The Bertz CT molecular complexity index is 2010. The van der Waals surface area contributed by atoms with E-state index in [1.807, 2.05) is 126 Å². The smallest absolute Gasteiger partial charge is 0.406 e. The zero-order valence-electron chi connectivity index (χ0n) is 35.7. The molecule has 5 rings (SSSR count). The molecule has 0 radical (unpaired) electrons. The van der Waals surface area contributed by atoms with Gasteiger partial charge in [0, 0.05) is 43.0 Å². The van der Waals surface area contributed by atoms with Crippen LogP contribution in [0.15, 0.2) is 97.2 Å². The summed E-state index contributed by atoms with van der Waals surface area (Å²) in [4.78, 5) is 64.2. The molecule has 320 valence electrons. The van der Waals surface area contributed by atoms with Crippen molar-refractivity contribution in [3.05, 3.63) is 120 Å². The molecule has 0 spiro atoms. The van der Waals surface area contributed by atoms with Crippen LogP contribution >= 0.6 is 0 Å². The molecule has 60 heavy (non-hydrogen) atoms. The van der Waals surface area contributed by atoms with Gasteiger partial charge in [-0.2, -0.15) is 0 Å². The van der Waals surface area contributed by atoms with Gasteiger partial charge in [-0.1, -0.05) is 101 Å². The minimum absolute atomic E-state index is 0.0942. The van der Waals surface area contributed by atoms with Gasteiger partial charge >= 0.3 is 12.1 Å². The third-order valence-electron chi connectivity index (χ3n) is 11.3. The van der Waals surface area contributed by atoms with Crippen molar-refractivity contribution in [1.29, 1.82) is 0 Å². The Morgan fingerprint density at radius 2 is 1.67 bits per heavy atom. The molecule has 0 aliphatic carbocycles. The fraction of sp³-hybridized carbons (Fsp3) is 0.447. The molecule has 5 N–H and O–H groups in total. The van der Waals surface area contributed by atoms with E-state index in [1.54, 1.807) is 11.1 Å². The van der Waals surface area contributed by atoms with Crippen molar-refractivity contribution in [2.75, 3.05) is 20.2 Å². The van der Waals surface area contributed by atoms with Crippen LogP contribution in [0.4, 0.5) is 9.59 Å². The van der Waals surface area contributed by atoms with Gasteiger partial charge in [-0.3, -0.25) is 19.6 Å². The van der Waals surface area contributed by atoms with E-state index < -0.39 is 41.7 Å². The molecule has 6 unspecified atom stereocenters. The first-order valence-electron chi connectivity index (χ1n) is 20.9. The number of nitrogens with zero attached hydrogens (tertiary/aromatic N) is 3. The molecule has 6 atom stereocenters. The first-order valence-corrected chi connectivity index (χ1v) is 20.9. The number of aliphatic hydroxyl groups excluding tert-OH is 1. The summed E-state index contributed by atoms with van der Waals surface area (Å²) in [5.41, 5.74) is 4.65. The number of alkyl carbamates (subject to hydrolysis) is 1. The second-order valence-electron chi connectivity index (χ2n) is 16.7. The molecule has 3 heterocycles. The summed E-state index contributed by atoms with van der Waals surface area (Å²) in [6, 6.07) is 27.1. The standard InChI is InChI=1S/C47H61N7O6/c1-7-31(2)43(40-28-49-45(58)54(40)29-36-17-13-14-32(3)51-36)44(57)53-39(25-33-15-9-8-10-16-33)41(55)26-37(52-42(56)27-47(4,5)30-50-46(59)60-6)24-34-19-21-35(22-20-34)38-18-11-12-23-48-38/h8-23,31,37,39-41,43,55H,7,24-30H2,1-6H3,(H,49,58)(H,50,59)(H,52,56)(H,53,57). The normalized spacial score (nSPS) is 16.5. The van der Waals surface area contributed by atoms with Crippen LogP contribution in [0.5, 0.6) is 0 Å². The van der Waals surface area contributed by atoms with Crippen LogP contribution in [0.3, 0.4) is 0 Å². The van der Waals surface area contributed by atoms with Crippen LogP contribution in [0.25, 0.3) is 11.3 Å². The highest BCUT2D eigenvalue weighted by molar-refractivity contribution is 5.83. The van der Waals surface area contributed by atoms with Crippen molar-refractivity contribution in [2.24, 2.45) is 17.3 Å². The fourth-order valence-electron chi connectivity index (χ4n) is 7.86. The maximum atomic E-state index is 14.7. The number of urea groups is 1. The lowest BCUT2D eigenvalue weighted by atomic mass is 9.83. The van der Waals surface area contributed by atoms with E-state index in [-0.39, 0.29) is 49.7 Å². The van der Waals surface area contributed by atoms with Gasteiger partial charge in [-0.05, 0) is 72.9 Å².